The van der Waals surface area contributed by atoms with E-state index in [-0.39, 0.29) is 17.2 Å². The van der Waals surface area contributed by atoms with Crippen molar-refractivity contribution < 1.29 is 26.7 Å². The molecular formula is C16H23F2N3O4S. The van der Waals surface area contributed by atoms with E-state index in [9.17, 15) is 22.0 Å². The fourth-order valence-electron chi connectivity index (χ4n) is 2.75. The molecule has 0 radical (unpaired) electrons. The zero-order valence-corrected chi connectivity index (χ0v) is 15.6. The molecular weight excluding hydrogens is 368 g/mol. The van der Waals surface area contributed by atoms with Crippen molar-refractivity contribution in [3.8, 4) is 0 Å². The second-order valence-corrected chi connectivity index (χ2v) is 7.97. The van der Waals surface area contributed by atoms with Crippen molar-refractivity contribution in [2.45, 2.75) is 38.2 Å². The highest BCUT2D eigenvalue weighted by molar-refractivity contribution is 7.93. The maximum atomic E-state index is 13.0. The second kappa shape index (κ2) is 8.28. The van der Waals surface area contributed by atoms with Crippen LogP contribution in [0.1, 0.15) is 13.8 Å². The summed E-state index contributed by atoms with van der Waals surface area (Å²) in [7, 11) is -2.23. The molecule has 26 heavy (non-hydrogen) atoms. The molecule has 0 aromatic heterocycles. The number of hydrogen-bond donors (Lipinski definition) is 2. The lowest BCUT2D eigenvalue weighted by atomic mass is 10.1. The molecule has 1 saturated heterocycles. The van der Waals surface area contributed by atoms with Gasteiger partial charge in [0, 0.05) is 25.0 Å². The van der Waals surface area contributed by atoms with Crippen molar-refractivity contribution in [2.24, 2.45) is 0 Å². The van der Waals surface area contributed by atoms with E-state index in [1.165, 1.54) is 30.2 Å². The number of carbonyl (C=O) groups excluding carboxylic acids is 1. The molecule has 0 bridgehead atoms. The summed E-state index contributed by atoms with van der Waals surface area (Å²) in [5.74, 6) is -0.579. The Morgan fingerprint density at radius 2 is 2.27 bits per heavy atom. The number of carbonyl (C=O) groups is 1. The normalized spacial score (nSPS) is 29.9. The fraction of sp³-hybridized carbons (Fsp3) is 0.562. The molecule has 0 aromatic rings. The first kappa shape index (κ1) is 20.5. The van der Waals surface area contributed by atoms with E-state index in [1.54, 1.807) is 14.0 Å². The monoisotopic (exact) mass is 391 g/mol. The lowest BCUT2D eigenvalue weighted by molar-refractivity contribution is -0.127. The molecule has 2 aliphatic heterocycles. The standard InChI is InChI=1S/C16H23F2N3O4S/c1-10(18)4-5-12(6-7-17)19-16(22)14-15-13(8-21(14)3)26(23,24)20-11(2)9-25-15/h4-6,8,10-11,14-15,20H,7,9H2,1-3H3,(H,19,22)/b5-4-,12-6+. The van der Waals surface area contributed by atoms with Gasteiger partial charge < -0.3 is 15.0 Å². The molecule has 4 unspecified atom stereocenters. The average molecular weight is 391 g/mol. The molecule has 0 aliphatic carbocycles. The highest BCUT2D eigenvalue weighted by Gasteiger charge is 2.46. The van der Waals surface area contributed by atoms with Gasteiger partial charge in [-0.15, -0.1) is 0 Å². The van der Waals surface area contributed by atoms with E-state index < -0.39 is 47.0 Å². The maximum absolute atomic E-state index is 13.0. The van der Waals surface area contributed by atoms with Gasteiger partial charge >= 0.3 is 0 Å². The van der Waals surface area contributed by atoms with Crippen LogP contribution < -0.4 is 10.0 Å². The summed E-state index contributed by atoms with van der Waals surface area (Å²) in [5.41, 5.74) is 0.0897. The number of halogens is 2. The number of alkyl halides is 2. The Bertz CT molecular complexity index is 734. The van der Waals surface area contributed by atoms with Crippen molar-refractivity contribution in [3.63, 3.8) is 0 Å². The Balaban J connectivity index is 2.22. The number of likely N-dealkylation sites (N-methyl/N-ethyl adjacent to an activating group) is 1. The van der Waals surface area contributed by atoms with E-state index in [0.29, 0.717) is 0 Å². The zero-order chi connectivity index (χ0) is 19.5. The summed E-state index contributed by atoms with van der Waals surface area (Å²) in [4.78, 5) is 14.1. The smallest absolute Gasteiger partial charge is 0.250 e. The molecule has 10 heteroatoms. The van der Waals surface area contributed by atoms with Crippen molar-refractivity contribution in [1.29, 1.82) is 0 Å². The van der Waals surface area contributed by atoms with Crippen LogP contribution in [0.25, 0.3) is 0 Å². The van der Waals surface area contributed by atoms with E-state index in [1.807, 2.05) is 0 Å². The predicted octanol–water partition coefficient (Wildman–Crippen LogP) is 0.732. The Hall–Kier alpha value is -1.78. The number of nitrogens with zero attached hydrogens (tertiary/aromatic N) is 1. The summed E-state index contributed by atoms with van der Waals surface area (Å²) in [6.45, 7) is 2.21. The van der Waals surface area contributed by atoms with Gasteiger partial charge in [0.15, 0.2) is 0 Å². The summed E-state index contributed by atoms with van der Waals surface area (Å²) in [5, 5.41) is 2.50. The SMILES string of the molecule is CC(F)/C=C\C(=C/CF)NC(=O)C1C2OCC(C)NS(=O)(=O)C2=CN1C. The number of ether oxygens (including phenoxy) is 1. The molecule has 2 aliphatic rings. The van der Waals surface area contributed by atoms with Gasteiger partial charge in [-0.2, -0.15) is 0 Å². The minimum atomic E-state index is -3.78. The highest BCUT2D eigenvalue weighted by Crippen LogP contribution is 2.30. The van der Waals surface area contributed by atoms with Gasteiger partial charge in [0.05, 0.1) is 6.61 Å². The van der Waals surface area contributed by atoms with Crippen LogP contribution >= 0.6 is 0 Å². The Morgan fingerprint density at radius 3 is 2.88 bits per heavy atom. The fourth-order valence-corrected chi connectivity index (χ4v) is 4.29. The van der Waals surface area contributed by atoms with Gasteiger partial charge in [-0.3, -0.25) is 4.79 Å². The summed E-state index contributed by atoms with van der Waals surface area (Å²) in [6.07, 6.45) is 2.61. The Morgan fingerprint density at radius 1 is 1.58 bits per heavy atom. The zero-order valence-electron chi connectivity index (χ0n) is 14.8. The predicted molar refractivity (Wildman–Crippen MR) is 92.8 cm³/mol. The molecule has 146 valence electrons. The van der Waals surface area contributed by atoms with Gasteiger partial charge in [0.25, 0.3) is 0 Å². The highest BCUT2D eigenvalue weighted by atomic mass is 32.2. The quantitative estimate of drug-likeness (QED) is 0.675. The Labute approximate surface area is 151 Å². The maximum Gasteiger partial charge on any atom is 0.250 e. The lowest BCUT2D eigenvalue weighted by Crippen LogP contribution is -2.48. The molecule has 2 heterocycles. The van der Waals surface area contributed by atoms with E-state index in [2.05, 4.69) is 10.0 Å². The Kier molecular flexibility index (Phi) is 6.53. The van der Waals surface area contributed by atoms with Gasteiger partial charge in [-0.25, -0.2) is 21.9 Å². The molecule has 0 aromatic carbocycles. The van der Waals surface area contributed by atoms with Gasteiger partial charge in [0.2, 0.25) is 15.9 Å². The topological polar surface area (TPSA) is 87.7 Å². The molecule has 0 saturated carbocycles. The van der Waals surface area contributed by atoms with E-state index >= 15 is 0 Å². The summed E-state index contributed by atoms with van der Waals surface area (Å²) in [6, 6.07) is -1.39. The molecule has 1 amide bonds. The number of nitrogens with one attached hydrogen (secondary N) is 2. The summed E-state index contributed by atoms with van der Waals surface area (Å²) < 4.78 is 58.5. The largest absolute Gasteiger partial charge is 0.368 e. The van der Waals surface area contributed by atoms with E-state index in [0.717, 1.165) is 6.08 Å². The lowest BCUT2D eigenvalue weighted by Gasteiger charge is -2.25. The average Bonchev–Trinajstić information content (AvgIpc) is 2.82. The van der Waals surface area contributed by atoms with Crippen molar-refractivity contribution in [2.75, 3.05) is 20.3 Å². The third kappa shape index (κ3) is 4.68. The van der Waals surface area contributed by atoms with Crippen LogP contribution in [0.3, 0.4) is 0 Å². The van der Waals surface area contributed by atoms with Crippen molar-refractivity contribution in [3.05, 3.63) is 35.0 Å². The van der Waals surface area contributed by atoms with Crippen LogP contribution in [0, 0.1) is 0 Å². The molecule has 1 fully saturated rings. The van der Waals surface area contributed by atoms with Crippen LogP contribution in [-0.2, 0) is 19.6 Å². The third-order valence-corrected chi connectivity index (χ3v) is 5.57. The van der Waals surface area contributed by atoms with Gasteiger partial charge in [-0.05, 0) is 32.1 Å². The molecule has 7 nitrogen and oxygen atoms in total. The molecule has 4 atom stereocenters. The molecule has 2 rings (SSSR count). The van der Waals surface area contributed by atoms with Crippen LogP contribution in [0.2, 0.25) is 0 Å². The number of rotatable bonds is 5. The van der Waals surface area contributed by atoms with E-state index in [4.69, 9.17) is 4.74 Å². The molecule has 2 N–H and O–H groups in total. The third-order valence-electron chi connectivity index (χ3n) is 3.90. The number of amides is 1. The number of allylic oxidation sites excluding steroid dienone is 3. The molecule has 0 spiro atoms. The minimum absolute atomic E-state index is 0.0338. The summed E-state index contributed by atoms with van der Waals surface area (Å²) >= 11 is 0. The number of sulfonamides is 1. The number of hydrogen-bond acceptors (Lipinski definition) is 5. The van der Waals surface area contributed by atoms with Crippen LogP contribution in [0.5, 0.6) is 0 Å². The first-order chi connectivity index (χ1) is 12.2. The second-order valence-electron chi connectivity index (χ2n) is 6.26. The van der Waals surface area contributed by atoms with Crippen LogP contribution in [0.4, 0.5) is 8.78 Å². The van der Waals surface area contributed by atoms with Gasteiger partial charge in [0.1, 0.15) is 29.9 Å². The first-order valence-electron chi connectivity index (χ1n) is 8.12. The van der Waals surface area contributed by atoms with Crippen LogP contribution in [0.15, 0.2) is 35.0 Å². The van der Waals surface area contributed by atoms with Crippen molar-refractivity contribution >= 4 is 15.9 Å². The van der Waals surface area contributed by atoms with Crippen LogP contribution in [-0.4, -0.2) is 63.9 Å². The van der Waals surface area contributed by atoms with Crippen molar-refractivity contribution in [1.82, 2.24) is 14.9 Å². The van der Waals surface area contributed by atoms with Gasteiger partial charge in [-0.1, -0.05) is 0 Å². The number of fused-ring (bicyclic) bond motifs is 1. The minimum Gasteiger partial charge on any atom is -0.368 e. The first-order valence-corrected chi connectivity index (χ1v) is 9.61.